The highest BCUT2D eigenvalue weighted by Gasteiger charge is 2.37. The van der Waals surface area contributed by atoms with Crippen molar-refractivity contribution in [2.45, 2.75) is 6.61 Å². The lowest BCUT2D eigenvalue weighted by Gasteiger charge is -2.26. The summed E-state index contributed by atoms with van der Waals surface area (Å²) < 4.78 is 20.4. The number of benzene rings is 3. The van der Waals surface area contributed by atoms with Gasteiger partial charge in [0.1, 0.15) is 23.7 Å². The lowest BCUT2D eigenvalue weighted by molar-refractivity contribution is -0.122. The van der Waals surface area contributed by atoms with Crippen molar-refractivity contribution < 1.29 is 33.4 Å². The molecule has 0 bridgehead atoms. The van der Waals surface area contributed by atoms with Crippen LogP contribution in [0, 0.1) is 5.82 Å². The Hall–Kier alpha value is -3.83. The van der Waals surface area contributed by atoms with E-state index in [9.17, 15) is 23.6 Å². The van der Waals surface area contributed by atoms with E-state index in [4.69, 9.17) is 9.84 Å². The minimum absolute atomic E-state index is 0.0661. The Morgan fingerprint density at radius 2 is 1.69 bits per heavy atom. The van der Waals surface area contributed by atoms with Gasteiger partial charge in [-0.15, -0.1) is 0 Å². The highest BCUT2D eigenvalue weighted by molar-refractivity contribution is 9.11. The predicted octanol–water partition coefficient (Wildman–Crippen LogP) is 5.29. The maximum atomic E-state index is 13.3. The van der Waals surface area contributed by atoms with Crippen LogP contribution in [0.5, 0.6) is 5.75 Å². The van der Waals surface area contributed by atoms with Crippen molar-refractivity contribution in [1.29, 1.82) is 0 Å². The van der Waals surface area contributed by atoms with E-state index in [1.807, 2.05) is 0 Å². The number of carboxylic acid groups (broad SMARTS) is 1. The molecule has 4 amide bonds. The average molecular weight is 618 g/mol. The summed E-state index contributed by atoms with van der Waals surface area (Å²) in [5, 5.41) is 11.2. The third-order valence-corrected chi connectivity index (χ3v) is 6.15. The summed E-state index contributed by atoms with van der Waals surface area (Å²) in [4.78, 5) is 49.9. The molecule has 0 saturated carbocycles. The second kappa shape index (κ2) is 10.4. The largest absolute Gasteiger partial charge is 0.487 e. The van der Waals surface area contributed by atoms with E-state index < -0.39 is 29.6 Å². The molecule has 0 radical (unpaired) electrons. The van der Waals surface area contributed by atoms with Gasteiger partial charge in [-0.3, -0.25) is 14.9 Å². The monoisotopic (exact) mass is 616 g/mol. The van der Waals surface area contributed by atoms with E-state index in [-0.39, 0.29) is 23.4 Å². The maximum absolute atomic E-state index is 13.3. The number of anilines is 1. The fourth-order valence-electron chi connectivity index (χ4n) is 3.38. The van der Waals surface area contributed by atoms with Crippen LogP contribution >= 0.6 is 31.9 Å². The molecular weight excluding hydrogens is 603 g/mol. The number of amides is 4. The summed E-state index contributed by atoms with van der Waals surface area (Å²) in [6, 6.07) is 13.2. The van der Waals surface area contributed by atoms with Crippen LogP contribution in [0.1, 0.15) is 21.5 Å². The van der Waals surface area contributed by atoms with Gasteiger partial charge in [-0.05, 0) is 76.1 Å². The van der Waals surface area contributed by atoms with Gasteiger partial charge in [0.2, 0.25) is 0 Å². The zero-order valence-corrected chi connectivity index (χ0v) is 21.3. The Morgan fingerprint density at radius 3 is 2.33 bits per heavy atom. The van der Waals surface area contributed by atoms with E-state index in [1.165, 1.54) is 30.3 Å². The first-order valence-corrected chi connectivity index (χ1v) is 11.8. The zero-order chi connectivity index (χ0) is 26.0. The number of hydrogen-bond acceptors (Lipinski definition) is 5. The van der Waals surface area contributed by atoms with Crippen LogP contribution in [0.15, 0.2) is 75.2 Å². The number of carbonyl (C=O) groups excluding carboxylic acids is 3. The van der Waals surface area contributed by atoms with Crippen LogP contribution < -0.4 is 15.0 Å². The summed E-state index contributed by atoms with van der Waals surface area (Å²) in [6.07, 6.45) is 1.29. The van der Waals surface area contributed by atoms with Gasteiger partial charge in [0.25, 0.3) is 11.8 Å². The van der Waals surface area contributed by atoms with E-state index in [1.54, 1.807) is 24.3 Å². The minimum atomic E-state index is -1.05. The van der Waals surface area contributed by atoms with E-state index in [2.05, 4.69) is 37.2 Å². The van der Waals surface area contributed by atoms with Crippen molar-refractivity contribution in [2.75, 3.05) is 4.90 Å². The number of nitrogens with zero attached hydrogens (tertiary/aromatic N) is 1. The SMILES string of the molecule is O=C1NC(=O)N(c2ccc(F)cc2)C(=O)/C1=C/c1cc(Br)cc(Br)c1OCc1ccc(C(=O)O)cc1. The number of hydrogen-bond donors (Lipinski definition) is 2. The molecule has 1 saturated heterocycles. The first-order chi connectivity index (χ1) is 17.1. The highest BCUT2D eigenvalue weighted by atomic mass is 79.9. The molecule has 2 N–H and O–H groups in total. The Kier molecular flexibility index (Phi) is 7.32. The Labute approximate surface area is 220 Å². The lowest BCUT2D eigenvalue weighted by atomic mass is 10.1. The number of imide groups is 2. The second-order valence-electron chi connectivity index (χ2n) is 7.53. The Balaban J connectivity index is 1.67. The predicted molar refractivity (Wildman–Crippen MR) is 135 cm³/mol. The molecule has 0 aromatic heterocycles. The molecule has 8 nitrogen and oxygen atoms in total. The van der Waals surface area contributed by atoms with Crippen LogP contribution in [-0.2, 0) is 16.2 Å². The molecule has 0 unspecified atom stereocenters. The molecule has 0 spiro atoms. The van der Waals surface area contributed by atoms with Gasteiger partial charge < -0.3 is 9.84 Å². The zero-order valence-electron chi connectivity index (χ0n) is 18.1. The van der Waals surface area contributed by atoms with Gasteiger partial charge in [0.15, 0.2) is 0 Å². The molecule has 1 aliphatic heterocycles. The first-order valence-electron chi connectivity index (χ1n) is 10.2. The minimum Gasteiger partial charge on any atom is -0.487 e. The average Bonchev–Trinajstić information content (AvgIpc) is 2.82. The number of carbonyl (C=O) groups is 4. The molecule has 3 aromatic rings. The summed E-state index contributed by atoms with van der Waals surface area (Å²) in [5.41, 5.74) is 0.933. The molecule has 1 heterocycles. The molecule has 0 aliphatic carbocycles. The third kappa shape index (κ3) is 5.37. The molecule has 11 heteroatoms. The molecule has 4 rings (SSSR count). The fraction of sp³-hybridized carbons (Fsp3) is 0.0400. The van der Waals surface area contributed by atoms with Crippen molar-refractivity contribution in [1.82, 2.24) is 5.32 Å². The normalized spacial score (nSPS) is 14.7. The number of barbiturate groups is 1. The number of rotatable bonds is 6. The van der Waals surface area contributed by atoms with Crippen molar-refractivity contribution in [3.8, 4) is 5.75 Å². The molecule has 36 heavy (non-hydrogen) atoms. The molecule has 1 fully saturated rings. The smallest absolute Gasteiger partial charge is 0.335 e. The topological polar surface area (TPSA) is 113 Å². The van der Waals surface area contributed by atoms with Gasteiger partial charge >= 0.3 is 12.0 Å². The van der Waals surface area contributed by atoms with Crippen LogP contribution in [-0.4, -0.2) is 28.9 Å². The highest BCUT2D eigenvalue weighted by Crippen LogP contribution is 2.35. The standard InChI is InChI=1S/C25H15Br2FN2O6/c26-16-9-15(21(20(27)11-16)36-12-13-1-3-14(4-2-13)24(33)34)10-19-22(31)29-25(35)30(23(19)32)18-7-5-17(28)6-8-18/h1-11H,12H2,(H,33,34)(H,29,31,35)/b19-10+. The van der Waals surface area contributed by atoms with Crippen LogP contribution in [0.4, 0.5) is 14.9 Å². The Bertz CT molecular complexity index is 1420. The van der Waals surface area contributed by atoms with Crippen molar-refractivity contribution in [3.05, 3.63) is 97.7 Å². The molecule has 3 aromatic carbocycles. The van der Waals surface area contributed by atoms with Crippen LogP contribution in [0.25, 0.3) is 6.08 Å². The number of halogens is 3. The Morgan fingerprint density at radius 1 is 1.03 bits per heavy atom. The molecule has 0 atom stereocenters. The molecule has 182 valence electrons. The van der Waals surface area contributed by atoms with E-state index >= 15 is 0 Å². The van der Waals surface area contributed by atoms with Gasteiger partial charge in [0.05, 0.1) is 15.7 Å². The number of ether oxygens (including phenoxy) is 1. The van der Waals surface area contributed by atoms with Crippen LogP contribution in [0.2, 0.25) is 0 Å². The summed E-state index contributed by atoms with van der Waals surface area (Å²) in [7, 11) is 0. The number of carboxylic acids is 1. The van der Waals surface area contributed by atoms with Crippen molar-refractivity contribution in [3.63, 3.8) is 0 Å². The van der Waals surface area contributed by atoms with E-state index in [0.717, 1.165) is 17.0 Å². The quantitative estimate of drug-likeness (QED) is 0.287. The number of aromatic carboxylic acids is 1. The second-order valence-corrected chi connectivity index (χ2v) is 9.30. The van der Waals surface area contributed by atoms with Gasteiger partial charge in [-0.25, -0.2) is 18.9 Å². The van der Waals surface area contributed by atoms with Gasteiger partial charge in [-0.2, -0.15) is 0 Å². The summed E-state index contributed by atoms with van der Waals surface area (Å²) >= 11 is 6.78. The summed E-state index contributed by atoms with van der Waals surface area (Å²) in [6.45, 7) is 0.0661. The van der Waals surface area contributed by atoms with E-state index in [0.29, 0.717) is 25.8 Å². The van der Waals surface area contributed by atoms with Gasteiger partial charge in [-0.1, -0.05) is 28.1 Å². The number of nitrogens with one attached hydrogen (secondary N) is 1. The fourth-order valence-corrected chi connectivity index (χ4v) is 4.75. The van der Waals surface area contributed by atoms with Crippen molar-refractivity contribution >= 4 is 67.4 Å². The summed E-state index contributed by atoms with van der Waals surface area (Å²) in [5.74, 6) is -3.07. The number of urea groups is 1. The molecule has 1 aliphatic rings. The van der Waals surface area contributed by atoms with Gasteiger partial charge in [0, 0.05) is 10.0 Å². The van der Waals surface area contributed by atoms with Crippen molar-refractivity contribution in [2.24, 2.45) is 0 Å². The molecular formula is C25H15Br2FN2O6. The maximum Gasteiger partial charge on any atom is 0.335 e. The third-order valence-electron chi connectivity index (χ3n) is 5.11. The van der Waals surface area contributed by atoms with Crippen LogP contribution in [0.3, 0.4) is 0 Å². The lowest BCUT2D eigenvalue weighted by Crippen LogP contribution is -2.54. The first kappa shape index (κ1) is 25.3.